The summed E-state index contributed by atoms with van der Waals surface area (Å²) >= 11 is 0. The van der Waals surface area contributed by atoms with Crippen LogP contribution in [0.15, 0.2) is 0 Å². The first kappa shape index (κ1) is 10.7. The lowest BCUT2D eigenvalue weighted by Crippen LogP contribution is -1.88. The molecule has 0 bridgehead atoms. The summed E-state index contributed by atoms with van der Waals surface area (Å²) in [5, 5.41) is 0. The minimum Gasteiger partial charge on any atom is -0.308 e. The molecule has 0 aromatic carbocycles. The van der Waals surface area contributed by atoms with Crippen molar-refractivity contribution in [1.82, 2.24) is 0 Å². The first-order valence-corrected chi connectivity index (χ1v) is 3.42. The van der Waals surface area contributed by atoms with Gasteiger partial charge in [0.15, 0.2) is 0 Å². The molecule has 0 aliphatic carbocycles. The van der Waals surface area contributed by atoms with Crippen LogP contribution >= 0.6 is 0 Å². The summed E-state index contributed by atoms with van der Waals surface area (Å²) in [5.74, 6) is 4.35. The Bertz CT molecular complexity index is 108. The third-order valence-corrected chi connectivity index (χ3v) is 0. The molecule has 8 heavy (non-hydrogen) atoms. The van der Waals surface area contributed by atoms with Crippen LogP contribution in [-0.4, -0.2) is 26.3 Å². The van der Waals surface area contributed by atoms with Crippen molar-refractivity contribution in [3.63, 3.8) is 0 Å². The second kappa shape index (κ2) is 4.98. The van der Waals surface area contributed by atoms with Crippen molar-refractivity contribution in [3.05, 3.63) is 0 Å². The van der Waals surface area contributed by atoms with Gasteiger partial charge in [-0.15, -0.1) is 0 Å². The van der Waals surface area contributed by atoms with Crippen LogP contribution in [0.1, 0.15) is 0 Å². The van der Waals surface area contributed by atoms with Gasteiger partial charge < -0.3 is 4.84 Å². The molecule has 0 aliphatic heterocycles. The molecule has 0 aromatic heterocycles. The third kappa shape index (κ3) is 4710. The van der Waals surface area contributed by atoms with Crippen LogP contribution in [0.2, 0.25) is 0 Å². The van der Waals surface area contributed by atoms with E-state index in [1.54, 1.807) is 0 Å². The van der Waals surface area contributed by atoms with E-state index in [9.17, 15) is 8.42 Å². The summed E-state index contributed by atoms with van der Waals surface area (Å²) in [4.78, 5) is 3.75. The van der Waals surface area contributed by atoms with E-state index in [2.05, 4.69) is 10.7 Å². The molecule has 0 aromatic rings. The fourth-order valence-corrected chi connectivity index (χ4v) is 0. The molecule has 0 amide bonds. The minimum absolute atomic E-state index is 0.715. The molecule has 5 nitrogen and oxygen atoms in total. The van der Waals surface area contributed by atoms with E-state index in [1.165, 1.54) is 7.11 Å². The van der Waals surface area contributed by atoms with Crippen LogP contribution in [0, 0.1) is 0 Å². The highest BCUT2D eigenvalue weighted by Crippen LogP contribution is 1.60. The van der Waals surface area contributed by atoms with Gasteiger partial charge in [0.25, 0.3) is 10.1 Å². The molecule has 0 aliphatic rings. The summed E-state index contributed by atoms with van der Waals surface area (Å²) in [6.07, 6.45) is 0.715. The molecule has 0 saturated carbocycles. The van der Waals surface area contributed by atoms with Gasteiger partial charge in [-0.2, -0.15) is 8.42 Å². The molecule has 0 atom stereocenters. The third-order valence-electron chi connectivity index (χ3n) is 0. The van der Waals surface area contributed by atoms with E-state index in [1.807, 2.05) is 0 Å². The first-order chi connectivity index (χ1) is 3.41. The lowest BCUT2D eigenvalue weighted by Gasteiger charge is -1.69. The largest absolute Gasteiger partial charge is 0.308 e. The Hall–Kier alpha value is -0.170. The highest BCUT2D eigenvalue weighted by atomic mass is 32.2. The molecule has 6 heteroatoms. The molecular weight excluding hydrogens is 134 g/mol. The average Bonchev–Trinajstić information content (AvgIpc) is 1.27. The van der Waals surface area contributed by atoms with Crippen LogP contribution in [-0.2, 0) is 15.0 Å². The summed E-state index contributed by atoms with van der Waals surface area (Å²) in [6, 6.07) is 0. The Labute approximate surface area is 48.1 Å². The van der Waals surface area contributed by atoms with Crippen molar-refractivity contribution in [2.45, 2.75) is 0 Å². The fraction of sp³-hybridized carbons (Fsp3) is 1.00. The molecule has 0 fully saturated rings. The monoisotopic (exact) mass is 143 g/mol. The summed E-state index contributed by atoms with van der Waals surface area (Å²) < 4.78 is 25.9. The van der Waals surface area contributed by atoms with Crippen LogP contribution < -0.4 is 5.90 Å². The Morgan fingerprint density at radius 3 is 1.62 bits per heavy atom. The summed E-state index contributed by atoms with van der Waals surface area (Å²) in [7, 11) is -2.26. The maximum absolute atomic E-state index is 9.19. The number of hydrogen-bond donors (Lipinski definition) is 2. The number of nitrogens with two attached hydrogens (primary N) is 1. The lowest BCUT2D eigenvalue weighted by atomic mass is 11.7. The van der Waals surface area contributed by atoms with Crippen molar-refractivity contribution in [2.24, 2.45) is 5.90 Å². The zero-order valence-corrected chi connectivity index (χ0v) is 5.47. The lowest BCUT2D eigenvalue weighted by molar-refractivity contribution is 0.206. The van der Waals surface area contributed by atoms with E-state index < -0.39 is 10.1 Å². The number of hydrogen-bond acceptors (Lipinski definition) is 4. The van der Waals surface area contributed by atoms with Crippen LogP contribution in [0.5, 0.6) is 0 Å². The van der Waals surface area contributed by atoms with E-state index in [-0.39, 0.29) is 0 Å². The van der Waals surface area contributed by atoms with E-state index in [0.29, 0.717) is 6.26 Å². The molecular formula is C2H9NO4S. The van der Waals surface area contributed by atoms with Gasteiger partial charge in [-0.3, -0.25) is 4.55 Å². The molecule has 0 rings (SSSR count). The number of rotatable bonds is 0. The predicted octanol–water partition coefficient (Wildman–Crippen LogP) is -0.989. The SMILES string of the molecule is CON.CS(=O)(=O)O. The minimum atomic E-state index is -3.67. The van der Waals surface area contributed by atoms with Crippen molar-refractivity contribution in [2.75, 3.05) is 13.4 Å². The predicted molar refractivity (Wildman–Crippen MR) is 28.7 cm³/mol. The molecule has 0 spiro atoms. The standard InChI is InChI=1S/CH5NO.CH4O3S/c1-3-2;1-5(2,3)4/h2H2,1H3;1H3,(H,2,3,4). The van der Waals surface area contributed by atoms with Gasteiger partial charge in [-0.05, 0) is 0 Å². The van der Waals surface area contributed by atoms with Crippen molar-refractivity contribution in [1.29, 1.82) is 0 Å². The topological polar surface area (TPSA) is 89.6 Å². The highest BCUT2D eigenvalue weighted by molar-refractivity contribution is 7.85. The maximum atomic E-state index is 9.19. The van der Waals surface area contributed by atoms with E-state index >= 15 is 0 Å². The van der Waals surface area contributed by atoms with E-state index in [4.69, 9.17) is 4.55 Å². The van der Waals surface area contributed by atoms with Gasteiger partial charge in [0.05, 0.1) is 13.4 Å². The molecule has 0 unspecified atom stereocenters. The molecule has 0 heterocycles. The van der Waals surface area contributed by atoms with Crippen molar-refractivity contribution >= 4 is 10.1 Å². The van der Waals surface area contributed by atoms with Gasteiger partial charge in [0, 0.05) is 0 Å². The summed E-state index contributed by atoms with van der Waals surface area (Å²) in [5.41, 5.74) is 0. The molecule has 52 valence electrons. The van der Waals surface area contributed by atoms with Gasteiger partial charge in [0.2, 0.25) is 0 Å². The second-order valence-electron chi connectivity index (χ2n) is 0.969. The normalized spacial score (nSPS) is 9.50. The van der Waals surface area contributed by atoms with Gasteiger partial charge in [0.1, 0.15) is 0 Å². The second-order valence-corrected chi connectivity index (χ2v) is 2.43. The fourth-order valence-electron chi connectivity index (χ4n) is 0. The Balaban J connectivity index is 0. The zero-order valence-electron chi connectivity index (χ0n) is 4.66. The van der Waals surface area contributed by atoms with Gasteiger partial charge in [-0.1, -0.05) is 0 Å². The van der Waals surface area contributed by atoms with E-state index in [0.717, 1.165) is 0 Å². The zero-order chi connectivity index (χ0) is 7.21. The van der Waals surface area contributed by atoms with Crippen LogP contribution in [0.3, 0.4) is 0 Å². The molecule has 0 saturated heterocycles. The average molecular weight is 143 g/mol. The first-order valence-electron chi connectivity index (χ1n) is 1.57. The van der Waals surface area contributed by atoms with Gasteiger partial charge >= 0.3 is 0 Å². The quantitative estimate of drug-likeness (QED) is 0.335. The Morgan fingerprint density at radius 1 is 1.62 bits per heavy atom. The molecule has 3 N–H and O–H groups in total. The van der Waals surface area contributed by atoms with Crippen molar-refractivity contribution in [3.8, 4) is 0 Å². The molecule has 0 radical (unpaired) electrons. The smallest absolute Gasteiger partial charge is 0.261 e. The summed E-state index contributed by atoms with van der Waals surface area (Å²) in [6.45, 7) is 0. The van der Waals surface area contributed by atoms with Crippen molar-refractivity contribution < 1.29 is 17.8 Å². The maximum Gasteiger partial charge on any atom is 0.261 e. The van der Waals surface area contributed by atoms with Crippen LogP contribution in [0.25, 0.3) is 0 Å². The Kier molecular flexibility index (Phi) is 6.68. The highest BCUT2D eigenvalue weighted by Gasteiger charge is 1.81. The van der Waals surface area contributed by atoms with Gasteiger partial charge in [-0.25, -0.2) is 5.90 Å². The van der Waals surface area contributed by atoms with Crippen LogP contribution in [0.4, 0.5) is 0 Å². The Morgan fingerprint density at radius 2 is 1.62 bits per heavy atom.